The molecule has 0 spiro atoms. The van der Waals surface area contributed by atoms with Crippen molar-refractivity contribution in [1.29, 1.82) is 0 Å². The van der Waals surface area contributed by atoms with Gasteiger partial charge >= 0.3 is 0 Å². The van der Waals surface area contributed by atoms with E-state index in [0.717, 1.165) is 24.2 Å². The maximum Gasteiger partial charge on any atom is 0.254 e. The molecule has 1 aliphatic carbocycles. The van der Waals surface area contributed by atoms with Crippen molar-refractivity contribution in [2.45, 2.75) is 36.7 Å². The summed E-state index contributed by atoms with van der Waals surface area (Å²) in [5, 5.41) is 0. The Balaban J connectivity index is 1.72. The lowest BCUT2D eigenvalue weighted by molar-refractivity contribution is 0.0742. The Labute approximate surface area is 160 Å². The van der Waals surface area contributed by atoms with Gasteiger partial charge in [-0.25, -0.2) is 13.1 Å². The first-order chi connectivity index (χ1) is 12.8. The number of hydrogen-bond donors (Lipinski definition) is 1. The number of rotatable bonds is 7. The average Bonchev–Trinajstić information content (AvgIpc) is 3.49. The number of methoxy groups -OCH3 is 1. The van der Waals surface area contributed by atoms with Crippen LogP contribution in [0.1, 0.15) is 41.7 Å². The third-order valence-electron chi connectivity index (χ3n) is 4.81. The van der Waals surface area contributed by atoms with Crippen molar-refractivity contribution >= 4 is 15.9 Å². The molecule has 144 valence electrons. The molecule has 27 heavy (non-hydrogen) atoms. The van der Waals surface area contributed by atoms with Crippen molar-refractivity contribution < 1.29 is 17.9 Å². The second kappa shape index (κ2) is 7.70. The normalized spacial score (nSPS) is 15.2. The molecule has 1 N–H and O–H groups in total. The number of sulfonamides is 1. The van der Waals surface area contributed by atoms with E-state index in [0.29, 0.717) is 5.56 Å². The highest BCUT2D eigenvalue weighted by Gasteiger charge is 2.28. The Bertz CT molecular complexity index is 904. The quantitative estimate of drug-likeness (QED) is 0.791. The van der Waals surface area contributed by atoms with Crippen LogP contribution in [-0.4, -0.2) is 39.4 Å². The fourth-order valence-electron chi connectivity index (χ4n) is 2.75. The van der Waals surface area contributed by atoms with Crippen LogP contribution >= 0.6 is 0 Å². The molecule has 0 heterocycles. The van der Waals surface area contributed by atoms with Crippen LogP contribution in [-0.2, 0) is 10.0 Å². The highest BCUT2D eigenvalue weighted by Crippen LogP contribution is 2.24. The lowest BCUT2D eigenvalue weighted by Crippen LogP contribution is -2.30. The van der Waals surface area contributed by atoms with E-state index in [9.17, 15) is 13.2 Å². The maximum absolute atomic E-state index is 12.8. The Kier molecular flexibility index (Phi) is 5.53. The van der Waals surface area contributed by atoms with E-state index in [2.05, 4.69) is 4.72 Å². The summed E-state index contributed by atoms with van der Waals surface area (Å²) < 4.78 is 32.2. The van der Waals surface area contributed by atoms with Gasteiger partial charge in [-0.3, -0.25) is 4.79 Å². The van der Waals surface area contributed by atoms with Gasteiger partial charge in [0.05, 0.1) is 18.0 Å². The highest BCUT2D eigenvalue weighted by atomic mass is 32.2. The Morgan fingerprint density at radius 2 is 1.70 bits per heavy atom. The molecule has 1 amide bonds. The van der Waals surface area contributed by atoms with E-state index < -0.39 is 10.0 Å². The van der Waals surface area contributed by atoms with Crippen LogP contribution in [0.15, 0.2) is 53.4 Å². The Morgan fingerprint density at radius 1 is 1.11 bits per heavy atom. The first kappa shape index (κ1) is 19.4. The molecular formula is C20H24N2O4S. The fourth-order valence-corrected chi connectivity index (χ4v) is 4.06. The van der Waals surface area contributed by atoms with Crippen LogP contribution in [0.5, 0.6) is 5.75 Å². The van der Waals surface area contributed by atoms with Crippen LogP contribution in [0, 0.1) is 0 Å². The molecule has 3 rings (SSSR count). The van der Waals surface area contributed by atoms with Gasteiger partial charge in [0.15, 0.2) is 0 Å². The zero-order chi connectivity index (χ0) is 19.6. The Hall–Kier alpha value is -2.38. The van der Waals surface area contributed by atoms with Gasteiger partial charge in [0.2, 0.25) is 10.0 Å². The van der Waals surface area contributed by atoms with Gasteiger partial charge in [0, 0.05) is 18.7 Å². The number of nitrogens with one attached hydrogen (secondary N) is 1. The summed E-state index contributed by atoms with van der Waals surface area (Å²) in [6, 6.07) is 13.5. The van der Waals surface area contributed by atoms with Crippen molar-refractivity contribution in [3.8, 4) is 5.75 Å². The molecule has 1 aliphatic rings. The summed E-state index contributed by atoms with van der Waals surface area (Å²) in [4.78, 5) is 14.6. The number of hydrogen-bond acceptors (Lipinski definition) is 4. The monoisotopic (exact) mass is 388 g/mol. The number of nitrogens with zero attached hydrogens (tertiary/aromatic N) is 1. The van der Waals surface area contributed by atoms with Gasteiger partial charge in [0.1, 0.15) is 5.75 Å². The first-order valence-electron chi connectivity index (χ1n) is 8.85. The molecule has 1 saturated carbocycles. The first-order valence-corrected chi connectivity index (χ1v) is 10.3. The second-order valence-corrected chi connectivity index (χ2v) is 8.50. The zero-order valence-corrected chi connectivity index (χ0v) is 16.5. The maximum atomic E-state index is 12.8. The predicted molar refractivity (Wildman–Crippen MR) is 103 cm³/mol. The molecule has 0 bridgehead atoms. The summed E-state index contributed by atoms with van der Waals surface area (Å²) in [7, 11) is -0.171. The Morgan fingerprint density at radius 3 is 2.22 bits per heavy atom. The molecule has 2 aromatic carbocycles. The predicted octanol–water partition coefficient (Wildman–Crippen LogP) is 2.97. The fraction of sp³-hybridized carbons (Fsp3) is 0.350. The van der Waals surface area contributed by atoms with Crippen LogP contribution in [0.25, 0.3) is 0 Å². The van der Waals surface area contributed by atoms with Crippen LogP contribution < -0.4 is 9.46 Å². The second-order valence-electron chi connectivity index (χ2n) is 6.79. The van der Waals surface area contributed by atoms with Crippen molar-refractivity contribution in [2.75, 3.05) is 14.2 Å². The molecule has 0 radical (unpaired) electrons. The molecule has 0 saturated heterocycles. The summed E-state index contributed by atoms with van der Waals surface area (Å²) in [6.07, 6.45) is 1.76. The van der Waals surface area contributed by atoms with E-state index in [1.165, 1.54) is 12.1 Å². The standard InChI is InChI=1S/C20H24N2O4S/c1-14(15-4-10-18(26-3)11-5-15)22(2)20(23)16-6-12-19(13-7-16)27(24,25)21-17-8-9-17/h4-7,10-14,17,21H,8-9H2,1-3H3. The molecule has 6 nitrogen and oxygen atoms in total. The summed E-state index contributed by atoms with van der Waals surface area (Å²) in [5.74, 6) is 0.592. The smallest absolute Gasteiger partial charge is 0.254 e. The third-order valence-corrected chi connectivity index (χ3v) is 6.35. The lowest BCUT2D eigenvalue weighted by Gasteiger charge is -2.25. The van der Waals surface area contributed by atoms with E-state index >= 15 is 0 Å². The average molecular weight is 388 g/mol. The minimum Gasteiger partial charge on any atom is -0.497 e. The molecule has 1 unspecified atom stereocenters. The van der Waals surface area contributed by atoms with E-state index in [4.69, 9.17) is 4.74 Å². The van der Waals surface area contributed by atoms with Gasteiger partial charge in [-0.2, -0.15) is 0 Å². The van der Waals surface area contributed by atoms with E-state index in [1.807, 2.05) is 31.2 Å². The molecule has 7 heteroatoms. The SMILES string of the molecule is COc1ccc(C(C)N(C)C(=O)c2ccc(S(=O)(=O)NC3CC3)cc2)cc1. The molecule has 0 aromatic heterocycles. The topological polar surface area (TPSA) is 75.7 Å². The molecule has 1 atom stereocenters. The van der Waals surface area contributed by atoms with Gasteiger partial charge in [0.25, 0.3) is 5.91 Å². The largest absolute Gasteiger partial charge is 0.497 e. The van der Waals surface area contributed by atoms with Crippen LogP contribution in [0.2, 0.25) is 0 Å². The highest BCUT2D eigenvalue weighted by molar-refractivity contribution is 7.89. The number of carbonyl (C=O) groups excluding carboxylic acids is 1. The van der Waals surface area contributed by atoms with Gasteiger partial charge in [-0.05, 0) is 61.7 Å². The molecular weight excluding hydrogens is 364 g/mol. The third kappa shape index (κ3) is 4.48. The van der Waals surface area contributed by atoms with Crippen molar-refractivity contribution in [3.63, 3.8) is 0 Å². The summed E-state index contributed by atoms with van der Waals surface area (Å²) in [5.41, 5.74) is 1.43. The van der Waals surface area contributed by atoms with Crippen molar-refractivity contribution in [3.05, 3.63) is 59.7 Å². The zero-order valence-electron chi connectivity index (χ0n) is 15.7. The van der Waals surface area contributed by atoms with Crippen LogP contribution in [0.3, 0.4) is 0 Å². The number of carbonyl (C=O) groups is 1. The lowest BCUT2D eigenvalue weighted by atomic mass is 10.1. The van der Waals surface area contributed by atoms with E-state index in [-0.39, 0.29) is 22.9 Å². The molecule has 0 aliphatic heterocycles. The summed E-state index contributed by atoms with van der Waals surface area (Å²) in [6.45, 7) is 1.94. The van der Waals surface area contributed by atoms with Gasteiger partial charge in [-0.1, -0.05) is 12.1 Å². The number of amides is 1. The van der Waals surface area contributed by atoms with Crippen molar-refractivity contribution in [1.82, 2.24) is 9.62 Å². The van der Waals surface area contributed by atoms with Crippen LogP contribution in [0.4, 0.5) is 0 Å². The minimum absolute atomic E-state index is 0.0489. The minimum atomic E-state index is -3.51. The van der Waals surface area contributed by atoms with Crippen molar-refractivity contribution in [2.24, 2.45) is 0 Å². The summed E-state index contributed by atoms with van der Waals surface area (Å²) >= 11 is 0. The number of ether oxygens (including phenoxy) is 1. The van der Waals surface area contributed by atoms with E-state index in [1.54, 1.807) is 31.2 Å². The molecule has 2 aromatic rings. The van der Waals surface area contributed by atoms with Gasteiger partial charge < -0.3 is 9.64 Å². The van der Waals surface area contributed by atoms with Gasteiger partial charge in [-0.15, -0.1) is 0 Å². The molecule has 1 fully saturated rings. The number of benzene rings is 2.